The Balaban J connectivity index is 1.59. The summed E-state index contributed by atoms with van der Waals surface area (Å²) in [4.78, 5) is 17.1. The van der Waals surface area contributed by atoms with E-state index in [4.69, 9.17) is 4.74 Å². The van der Waals surface area contributed by atoms with Gasteiger partial charge in [0, 0.05) is 16.8 Å². The molecule has 1 heterocycles. The summed E-state index contributed by atoms with van der Waals surface area (Å²) < 4.78 is 7.01. The van der Waals surface area contributed by atoms with Crippen LogP contribution >= 0.6 is 0 Å². The molecule has 0 unspecified atom stereocenters. The van der Waals surface area contributed by atoms with Gasteiger partial charge in [-0.2, -0.15) is 4.98 Å². The Labute approximate surface area is 181 Å². The standard InChI is InChI=1S/C25H24N4O2/c1-4-18-9-11-19(12-10-18)24(30)26-20-13-15-21(16-14-20)29-23(27-25(28-29)31-3)22-8-6-5-7-17(22)2/h5-16H,4H2,1-3H3,(H,26,30). The molecule has 6 nitrogen and oxygen atoms in total. The van der Waals surface area contributed by atoms with Crippen LogP contribution in [0, 0.1) is 6.92 Å². The zero-order chi connectivity index (χ0) is 21.8. The van der Waals surface area contributed by atoms with Crippen molar-refractivity contribution in [3.63, 3.8) is 0 Å². The van der Waals surface area contributed by atoms with Crippen LogP contribution in [0.5, 0.6) is 6.01 Å². The third kappa shape index (κ3) is 4.33. The SMILES string of the molecule is CCc1ccc(C(=O)Nc2ccc(-n3nc(OC)nc3-c3ccccc3C)cc2)cc1. The van der Waals surface area contributed by atoms with Gasteiger partial charge >= 0.3 is 6.01 Å². The molecule has 4 rings (SSSR count). The van der Waals surface area contributed by atoms with Gasteiger partial charge in [-0.3, -0.25) is 4.79 Å². The molecule has 1 aromatic heterocycles. The van der Waals surface area contributed by atoms with Crippen LogP contribution in [0.15, 0.2) is 72.8 Å². The first-order chi connectivity index (χ1) is 15.1. The number of benzene rings is 3. The highest BCUT2D eigenvalue weighted by molar-refractivity contribution is 6.04. The smallest absolute Gasteiger partial charge is 0.336 e. The fraction of sp³-hybridized carbons (Fsp3) is 0.160. The van der Waals surface area contributed by atoms with Gasteiger partial charge in [-0.25, -0.2) is 4.68 Å². The van der Waals surface area contributed by atoms with E-state index in [0.717, 1.165) is 23.2 Å². The van der Waals surface area contributed by atoms with E-state index >= 15 is 0 Å². The second kappa shape index (κ2) is 8.83. The van der Waals surface area contributed by atoms with Gasteiger partial charge in [-0.15, -0.1) is 5.10 Å². The van der Waals surface area contributed by atoms with E-state index in [-0.39, 0.29) is 5.91 Å². The molecule has 0 aliphatic carbocycles. The highest BCUT2D eigenvalue weighted by atomic mass is 16.5. The van der Waals surface area contributed by atoms with Crippen LogP contribution in [0.4, 0.5) is 5.69 Å². The highest BCUT2D eigenvalue weighted by Gasteiger charge is 2.16. The summed E-state index contributed by atoms with van der Waals surface area (Å²) in [7, 11) is 1.55. The van der Waals surface area contributed by atoms with Crippen LogP contribution in [-0.4, -0.2) is 27.8 Å². The largest absolute Gasteiger partial charge is 0.466 e. The zero-order valence-corrected chi connectivity index (χ0v) is 17.8. The minimum Gasteiger partial charge on any atom is -0.466 e. The lowest BCUT2D eigenvalue weighted by Crippen LogP contribution is -2.12. The number of carbonyl (C=O) groups excluding carboxylic acids is 1. The van der Waals surface area contributed by atoms with Crippen molar-refractivity contribution in [3.8, 4) is 23.1 Å². The van der Waals surface area contributed by atoms with Crippen LogP contribution in [0.1, 0.15) is 28.4 Å². The lowest BCUT2D eigenvalue weighted by Gasteiger charge is -2.10. The monoisotopic (exact) mass is 412 g/mol. The second-order valence-electron chi connectivity index (χ2n) is 7.20. The zero-order valence-electron chi connectivity index (χ0n) is 17.8. The van der Waals surface area contributed by atoms with Gasteiger partial charge in [0.15, 0.2) is 5.82 Å². The molecule has 0 saturated carbocycles. The Kier molecular flexibility index (Phi) is 5.80. The van der Waals surface area contributed by atoms with E-state index in [1.54, 1.807) is 11.8 Å². The molecular weight excluding hydrogens is 388 g/mol. The summed E-state index contributed by atoms with van der Waals surface area (Å²) in [5.74, 6) is 0.557. The Hall–Kier alpha value is -3.93. The fourth-order valence-corrected chi connectivity index (χ4v) is 3.34. The van der Waals surface area contributed by atoms with Crippen molar-refractivity contribution < 1.29 is 9.53 Å². The van der Waals surface area contributed by atoms with Crippen molar-refractivity contribution in [2.75, 3.05) is 12.4 Å². The predicted octanol–water partition coefficient (Wildman–Crippen LogP) is 5.07. The second-order valence-corrected chi connectivity index (χ2v) is 7.20. The number of amides is 1. The summed E-state index contributed by atoms with van der Waals surface area (Å²) in [5.41, 5.74) is 5.43. The number of nitrogens with one attached hydrogen (secondary N) is 1. The van der Waals surface area contributed by atoms with Gasteiger partial charge in [0.1, 0.15) is 0 Å². The van der Waals surface area contributed by atoms with E-state index in [2.05, 4.69) is 22.3 Å². The van der Waals surface area contributed by atoms with Gasteiger partial charge in [-0.1, -0.05) is 43.3 Å². The number of aromatic nitrogens is 3. The molecule has 0 bridgehead atoms. The summed E-state index contributed by atoms with van der Waals surface area (Å²) >= 11 is 0. The molecule has 0 spiro atoms. The lowest BCUT2D eigenvalue weighted by molar-refractivity contribution is 0.102. The van der Waals surface area contributed by atoms with Crippen LogP contribution in [-0.2, 0) is 6.42 Å². The van der Waals surface area contributed by atoms with Gasteiger partial charge in [-0.05, 0) is 60.9 Å². The molecule has 31 heavy (non-hydrogen) atoms. The number of rotatable bonds is 6. The Morgan fingerprint density at radius 1 is 1.00 bits per heavy atom. The minimum absolute atomic E-state index is 0.140. The number of hydrogen-bond donors (Lipinski definition) is 1. The number of hydrogen-bond acceptors (Lipinski definition) is 4. The van der Waals surface area contributed by atoms with E-state index in [1.165, 1.54) is 5.56 Å². The Morgan fingerprint density at radius 2 is 1.71 bits per heavy atom. The number of nitrogens with zero attached hydrogens (tertiary/aromatic N) is 3. The summed E-state index contributed by atoms with van der Waals surface area (Å²) in [5, 5.41) is 7.40. The van der Waals surface area contributed by atoms with Crippen LogP contribution < -0.4 is 10.1 Å². The van der Waals surface area contributed by atoms with Crippen molar-refractivity contribution >= 4 is 11.6 Å². The molecule has 0 saturated heterocycles. The molecule has 0 aliphatic rings. The van der Waals surface area contributed by atoms with E-state index in [0.29, 0.717) is 23.1 Å². The van der Waals surface area contributed by atoms with Gasteiger partial charge in [0.05, 0.1) is 12.8 Å². The van der Waals surface area contributed by atoms with Crippen molar-refractivity contribution in [2.24, 2.45) is 0 Å². The molecule has 156 valence electrons. The first-order valence-electron chi connectivity index (χ1n) is 10.2. The molecule has 6 heteroatoms. The summed E-state index contributed by atoms with van der Waals surface area (Å²) in [6, 6.07) is 23.4. The van der Waals surface area contributed by atoms with Crippen LogP contribution in [0.2, 0.25) is 0 Å². The number of methoxy groups -OCH3 is 1. The maximum Gasteiger partial charge on any atom is 0.336 e. The molecule has 0 fully saturated rings. The van der Waals surface area contributed by atoms with Crippen molar-refractivity contribution in [2.45, 2.75) is 20.3 Å². The number of aryl methyl sites for hydroxylation is 2. The van der Waals surface area contributed by atoms with E-state index < -0.39 is 0 Å². The Bertz CT molecular complexity index is 1200. The minimum atomic E-state index is -0.140. The van der Waals surface area contributed by atoms with E-state index in [9.17, 15) is 4.79 Å². The summed E-state index contributed by atoms with van der Waals surface area (Å²) in [6.07, 6.45) is 0.945. The lowest BCUT2D eigenvalue weighted by atomic mass is 10.1. The first kappa shape index (κ1) is 20.3. The number of carbonyl (C=O) groups is 1. The molecule has 1 amide bonds. The predicted molar refractivity (Wildman–Crippen MR) is 122 cm³/mol. The van der Waals surface area contributed by atoms with E-state index in [1.807, 2.05) is 79.7 Å². The first-order valence-corrected chi connectivity index (χ1v) is 10.2. The normalized spacial score (nSPS) is 10.7. The average molecular weight is 412 g/mol. The Morgan fingerprint density at radius 3 is 2.35 bits per heavy atom. The van der Waals surface area contributed by atoms with Crippen molar-refractivity contribution in [3.05, 3.63) is 89.5 Å². The topological polar surface area (TPSA) is 69.0 Å². The molecule has 0 radical (unpaired) electrons. The van der Waals surface area contributed by atoms with Crippen LogP contribution in [0.25, 0.3) is 17.1 Å². The molecule has 3 aromatic carbocycles. The number of anilines is 1. The fourth-order valence-electron chi connectivity index (χ4n) is 3.34. The average Bonchev–Trinajstić information content (AvgIpc) is 3.24. The molecule has 1 N–H and O–H groups in total. The molecule has 0 atom stereocenters. The van der Waals surface area contributed by atoms with Gasteiger partial charge in [0.25, 0.3) is 5.91 Å². The van der Waals surface area contributed by atoms with Crippen LogP contribution in [0.3, 0.4) is 0 Å². The third-order valence-corrected chi connectivity index (χ3v) is 5.15. The summed E-state index contributed by atoms with van der Waals surface area (Å²) in [6.45, 7) is 4.12. The number of ether oxygens (including phenoxy) is 1. The van der Waals surface area contributed by atoms with Crippen molar-refractivity contribution in [1.29, 1.82) is 0 Å². The maximum atomic E-state index is 12.5. The molecular formula is C25H24N4O2. The highest BCUT2D eigenvalue weighted by Crippen LogP contribution is 2.26. The quantitative estimate of drug-likeness (QED) is 0.480. The van der Waals surface area contributed by atoms with Gasteiger partial charge < -0.3 is 10.1 Å². The molecule has 0 aliphatic heterocycles. The maximum absolute atomic E-state index is 12.5. The third-order valence-electron chi connectivity index (χ3n) is 5.15. The van der Waals surface area contributed by atoms with Crippen molar-refractivity contribution in [1.82, 2.24) is 14.8 Å². The molecule has 4 aromatic rings. The van der Waals surface area contributed by atoms with Gasteiger partial charge in [0.2, 0.25) is 0 Å².